The van der Waals surface area contributed by atoms with Crippen molar-refractivity contribution in [3.05, 3.63) is 57.8 Å². The van der Waals surface area contributed by atoms with Crippen LogP contribution in [0, 0.1) is 5.82 Å². The van der Waals surface area contributed by atoms with Gasteiger partial charge in [0.2, 0.25) is 5.91 Å². The maximum Gasteiger partial charge on any atom is 0.254 e. The Morgan fingerprint density at radius 2 is 1.73 bits per heavy atom. The van der Waals surface area contributed by atoms with Crippen LogP contribution in [0.3, 0.4) is 0 Å². The minimum atomic E-state index is -1.13. The SMILES string of the molecule is COc1cc(C(=O)N(C)C(C(N)=O)c2cccc(F)c2)cc(OC)c1Br. The van der Waals surface area contributed by atoms with Crippen LogP contribution in [0.25, 0.3) is 0 Å². The van der Waals surface area contributed by atoms with Gasteiger partial charge >= 0.3 is 0 Å². The molecule has 0 fully saturated rings. The van der Waals surface area contributed by atoms with Gasteiger partial charge in [-0.15, -0.1) is 0 Å². The molecule has 2 aromatic carbocycles. The average molecular weight is 425 g/mol. The number of carbonyl (C=O) groups excluding carboxylic acids is 2. The highest BCUT2D eigenvalue weighted by atomic mass is 79.9. The number of benzene rings is 2. The first-order chi connectivity index (χ1) is 12.3. The first kappa shape index (κ1) is 19.7. The Kier molecular flexibility index (Phi) is 6.20. The maximum atomic E-state index is 13.5. The number of ether oxygens (including phenoxy) is 2. The molecule has 0 bridgehead atoms. The predicted molar refractivity (Wildman–Crippen MR) is 97.7 cm³/mol. The fraction of sp³-hybridized carbons (Fsp3) is 0.222. The Labute approximate surface area is 158 Å². The topological polar surface area (TPSA) is 81.9 Å². The molecule has 1 unspecified atom stereocenters. The van der Waals surface area contributed by atoms with Crippen LogP contribution in [-0.4, -0.2) is 38.0 Å². The number of carbonyl (C=O) groups is 2. The van der Waals surface area contributed by atoms with E-state index in [0.29, 0.717) is 16.0 Å². The third kappa shape index (κ3) is 3.96. The molecule has 0 aliphatic heterocycles. The van der Waals surface area contributed by atoms with Gasteiger partial charge in [-0.05, 0) is 45.8 Å². The lowest BCUT2D eigenvalue weighted by Gasteiger charge is -2.26. The zero-order valence-electron chi connectivity index (χ0n) is 14.5. The Morgan fingerprint density at radius 3 is 2.19 bits per heavy atom. The van der Waals surface area contributed by atoms with Crippen molar-refractivity contribution in [2.45, 2.75) is 6.04 Å². The van der Waals surface area contributed by atoms with Crippen LogP contribution < -0.4 is 15.2 Å². The standard InChI is InChI=1S/C18H18BrFN2O4/c1-22(16(17(21)23)10-5-4-6-12(20)7-10)18(24)11-8-13(25-2)15(19)14(9-11)26-3/h4-9,16H,1-3H3,(H2,21,23). The fourth-order valence-electron chi connectivity index (χ4n) is 2.57. The van der Waals surface area contributed by atoms with Crippen molar-refractivity contribution in [3.63, 3.8) is 0 Å². The lowest BCUT2D eigenvalue weighted by molar-refractivity contribution is -0.122. The minimum absolute atomic E-state index is 0.229. The summed E-state index contributed by atoms with van der Waals surface area (Å²) in [6, 6.07) is 7.29. The van der Waals surface area contributed by atoms with E-state index in [1.54, 1.807) is 0 Å². The van der Waals surface area contributed by atoms with Gasteiger partial charge < -0.3 is 20.1 Å². The van der Waals surface area contributed by atoms with Gasteiger partial charge in [0.15, 0.2) is 0 Å². The molecule has 0 heterocycles. The average Bonchev–Trinajstić information content (AvgIpc) is 2.61. The molecule has 26 heavy (non-hydrogen) atoms. The van der Waals surface area contributed by atoms with Crippen molar-refractivity contribution in [2.24, 2.45) is 5.73 Å². The summed E-state index contributed by atoms with van der Waals surface area (Å²) in [6.45, 7) is 0. The van der Waals surface area contributed by atoms with E-state index in [9.17, 15) is 14.0 Å². The van der Waals surface area contributed by atoms with Crippen molar-refractivity contribution in [1.29, 1.82) is 0 Å². The molecule has 0 aliphatic carbocycles. The number of primary amides is 1. The summed E-state index contributed by atoms with van der Waals surface area (Å²) in [5, 5.41) is 0. The summed E-state index contributed by atoms with van der Waals surface area (Å²) in [6.07, 6.45) is 0. The molecular formula is C18H18BrFN2O4. The molecule has 0 aromatic heterocycles. The quantitative estimate of drug-likeness (QED) is 0.772. The number of nitrogens with two attached hydrogens (primary N) is 1. The Bertz CT molecular complexity index is 819. The molecule has 0 saturated carbocycles. The highest BCUT2D eigenvalue weighted by Crippen LogP contribution is 2.36. The first-order valence-electron chi connectivity index (χ1n) is 7.53. The molecule has 2 aromatic rings. The van der Waals surface area contributed by atoms with Crippen LogP contribution in [0.4, 0.5) is 4.39 Å². The largest absolute Gasteiger partial charge is 0.495 e. The third-order valence-electron chi connectivity index (χ3n) is 3.83. The number of hydrogen-bond acceptors (Lipinski definition) is 4. The normalized spacial score (nSPS) is 11.6. The van der Waals surface area contributed by atoms with Crippen molar-refractivity contribution in [1.82, 2.24) is 4.90 Å². The van der Waals surface area contributed by atoms with Gasteiger partial charge in [-0.1, -0.05) is 12.1 Å². The lowest BCUT2D eigenvalue weighted by atomic mass is 10.0. The highest BCUT2D eigenvalue weighted by molar-refractivity contribution is 9.10. The van der Waals surface area contributed by atoms with E-state index >= 15 is 0 Å². The second-order valence-corrected chi connectivity index (χ2v) is 6.26. The Morgan fingerprint density at radius 1 is 1.15 bits per heavy atom. The summed E-state index contributed by atoms with van der Waals surface area (Å²) >= 11 is 3.33. The molecule has 6 nitrogen and oxygen atoms in total. The number of nitrogens with zero attached hydrogens (tertiary/aromatic N) is 1. The van der Waals surface area contributed by atoms with Gasteiger partial charge in [-0.3, -0.25) is 9.59 Å². The molecule has 2 N–H and O–H groups in total. The summed E-state index contributed by atoms with van der Waals surface area (Å²) in [5.74, 6) is -1.02. The van der Waals surface area contributed by atoms with Crippen molar-refractivity contribution < 1.29 is 23.5 Å². The number of likely N-dealkylation sites (N-methyl/N-ethyl adjacent to an activating group) is 1. The maximum absolute atomic E-state index is 13.5. The second-order valence-electron chi connectivity index (χ2n) is 5.47. The van der Waals surface area contributed by atoms with Crippen LogP contribution in [0.2, 0.25) is 0 Å². The van der Waals surface area contributed by atoms with E-state index in [1.165, 1.54) is 57.7 Å². The number of halogens is 2. The van der Waals surface area contributed by atoms with Gasteiger partial charge in [-0.2, -0.15) is 0 Å². The van der Waals surface area contributed by atoms with E-state index in [-0.39, 0.29) is 11.1 Å². The zero-order valence-corrected chi connectivity index (χ0v) is 16.0. The van der Waals surface area contributed by atoms with Gasteiger partial charge in [0, 0.05) is 12.6 Å². The lowest BCUT2D eigenvalue weighted by Crippen LogP contribution is -2.39. The molecule has 138 valence electrons. The van der Waals surface area contributed by atoms with Gasteiger partial charge in [0.1, 0.15) is 27.8 Å². The van der Waals surface area contributed by atoms with Crippen LogP contribution in [0.5, 0.6) is 11.5 Å². The molecule has 1 atom stereocenters. The smallest absolute Gasteiger partial charge is 0.254 e. The summed E-state index contributed by atoms with van der Waals surface area (Å²) < 4.78 is 24.5. The van der Waals surface area contributed by atoms with Crippen molar-refractivity contribution >= 4 is 27.7 Å². The van der Waals surface area contributed by atoms with Crippen molar-refractivity contribution in [3.8, 4) is 11.5 Å². The molecule has 2 rings (SSSR count). The summed E-state index contributed by atoms with van der Waals surface area (Å²) in [5.41, 5.74) is 5.97. The number of methoxy groups -OCH3 is 2. The first-order valence-corrected chi connectivity index (χ1v) is 8.33. The molecule has 2 amide bonds. The number of hydrogen-bond donors (Lipinski definition) is 1. The van der Waals surface area contributed by atoms with E-state index in [0.717, 1.165) is 4.90 Å². The number of amides is 2. The third-order valence-corrected chi connectivity index (χ3v) is 4.62. The van der Waals surface area contributed by atoms with E-state index < -0.39 is 23.7 Å². The Hall–Kier alpha value is -2.61. The summed E-state index contributed by atoms with van der Waals surface area (Å²) in [7, 11) is 4.33. The zero-order chi connectivity index (χ0) is 19.4. The molecule has 0 saturated heterocycles. The summed E-state index contributed by atoms with van der Waals surface area (Å²) in [4.78, 5) is 26.0. The molecule has 8 heteroatoms. The fourth-order valence-corrected chi connectivity index (χ4v) is 3.12. The molecule has 0 spiro atoms. The number of rotatable bonds is 6. The van der Waals surface area contributed by atoms with Crippen LogP contribution in [-0.2, 0) is 4.79 Å². The van der Waals surface area contributed by atoms with E-state index in [1.807, 2.05) is 0 Å². The van der Waals surface area contributed by atoms with Crippen LogP contribution in [0.1, 0.15) is 22.0 Å². The van der Waals surface area contributed by atoms with Crippen LogP contribution >= 0.6 is 15.9 Å². The minimum Gasteiger partial charge on any atom is -0.495 e. The van der Waals surface area contributed by atoms with Gasteiger partial charge in [-0.25, -0.2) is 4.39 Å². The molecule has 0 radical (unpaired) electrons. The van der Waals surface area contributed by atoms with Crippen LogP contribution in [0.15, 0.2) is 40.9 Å². The van der Waals surface area contributed by atoms with Crippen molar-refractivity contribution in [2.75, 3.05) is 21.3 Å². The predicted octanol–water partition coefficient (Wildman–Crippen LogP) is 2.90. The van der Waals surface area contributed by atoms with Gasteiger partial charge in [0.05, 0.1) is 14.2 Å². The molecule has 0 aliphatic rings. The van der Waals surface area contributed by atoms with E-state index in [2.05, 4.69) is 15.9 Å². The second kappa shape index (κ2) is 8.18. The Balaban J connectivity index is 2.45. The highest BCUT2D eigenvalue weighted by Gasteiger charge is 2.28. The van der Waals surface area contributed by atoms with E-state index in [4.69, 9.17) is 15.2 Å². The monoisotopic (exact) mass is 424 g/mol. The molecular weight excluding hydrogens is 407 g/mol. The van der Waals surface area contributed by atoms with Gasteiger partial charge in [0.25, 0.3) is 5.91 Å².